The van der Waals surface area contributed by atoms with Gasteiger partial charge in [0.2, 0.25) is 5.91 Å². The van der Waals surface area contributed by atoms with Crippen molar-refractivity contribution < 1.29 is 4.79 Å². The molecule has 0 aliphatic rings. The van der Waals surface area contributed by atoms with E-state index < -0.39 is 0 Å². The molecule has 110 valence electrons. The smallest absolute Gasteiger partial charge is 0.230 e. The zero-order valence-electron chi connectivity index (χ0n) is 11.6. The van der Waals surface area contributed by atoms with Crippen LogP contribution in [-0.4, -0.2) is 10.9 Å². The number of nitrogens with zero attached hydrogens (tertiary/aromatic N) is 1. The van der Waals surface area contributed by atoms with Gasteiger partial charge in [-0.1, -0.05) is 65.4 Å². The summed E-state index contributed by atoms with van der Waals surface area (Å²) in [6, 6.07) is 17.2. The van der Waals surface area contributed by atoms with Gasteiger partial charge in [0.15, 0.2) is 5.13 Å². The number of nitrogens with one attached hydrogen (secondary N) is 1. The number of anilines is 1. The summed E-state index contributed by atoms with van der Waals surface area (Å²) in [5, 5.41) is 4.10. The maximum absolute atomic E-state index is 12.0. The van der Waals surface area contributed by atoms with Crippen molar-refractivity contribution in [3.05, 3.63) is 71.4 Å². The summed E-state index contributed by atoms with van der Waals surface area (Å²) in [6.45, 7) is 0. The van der Waals surface area contributed by atoms with E-state index in [1.54, 1.807) is 18.3 Å². The summed E-state index contributed by atoms with van der Waals surface area (Å²) < 4.78 is 0. The molecule has 3 aromatic rings. The van der Waals surface area contributed by atoms with Gasteiger partial charge in [0.1, 0.15) is 0 Å². The minimum Gasteiger partial charge on any atom is -0.302 e. The highest BCUT2D eigenvalue weighted by Gasteiger charge is 2.08. The predicted molar refractivity (Wildman–Crippen MR) is 91.3 cm³/mol. The van der Waals surface area contributed by atoms with Crippen LogP contribution in [0.3, 0.4) is 0 Å². The van der Waals surface area contributed by atoms with E-state index in [0.29, 0.717) is 16.6 Å². The third kappa shape index (κ3) is 3.72. The molecule has 0 saturated heterocycles. The minimum atomic E-state index is -0.0868. The summed E-state index contributed by atoms with van der Waals surface area (Å²) in [5.74, 6) is -0.0868. The molecule has 22 heavy (non-hydrogen) atoms. The fourth-order valence-corrected chi connectivity index (χ4v) is 2.98. The van der Waals surface area contributed by atoms with Gasteiger partial charge in [0.05, 0.1) is 11.3 Å². The highest BCUT2D eigenvalue weighted by atomic mass is 35.5. The molecular weight excluding hydrogens is 316 g/mol. The first-order valence-electron chi connectivity index (χ1n) is 6.76. The number of hydrogen-bond acceptors (Lipinski definition) is 3. The van der Waals surface area contributed by atoms with E-state index in [4.69, 9.17) is 11.6 Å². The first kappa shape index (κ1) is 14.8. The Labute approximate surface area is 137 Å². The van der Waals surface area contributed by atoms with Crippen LogP contribution in [0.5, 0.6) is 0 Å². The SMILES string of the molecule is O=C(Cc1ccc(Cl)cc1)Nc1ncc(-c2ccccc2)s1. The number of carbonyl (C=O) groups is 1. The molecule has 3 nitrogen and oxygen atoms in total. The quantitative estimate of drug-likeness (QED) is 0.757. The van der Waals surface area contributed by atoms with Gasteiger partial charge in [-0.2, -0.15) is 0 Å². The van der Waals surface area contributed by atoms with E-state index in [1.807, 2.05) is 42.5 Å². The van der Waals surface area contributed by atoms with E-state index >= 15 is 0 Å². The first-order chi connectivity index (χ1) is 10.7. The molecule has 1 aromatic heterocycles. The number of thiazole rings is 1. The van der Waals surface area contributed by atoms with E-state index in [2.05, 4.69) is 10.3 Å². The summed E-state index contributed by atoms with van der Waals surface area (Å²) >= 11 is 7.29. The van der Waals surface area contributed by atoms with Crippen molar-refractivity contribution in [1.82, 2.24) is 4.98 Å². The van der Waals surface area contributed by atoms with Gasteiger partial charge in [-0.15, -0.1) is 0 Å². The van der Waals surface area contributed by atoms with Gasteiger partial charge in [0, 0.05) is 11.2 Å². The summed E-state index contributed by atoms with van der Waals surface area (Å²) in [4.78, 5) is 17.3. The zero-order valence-corrected chi connectivity index (χ0v) is 13.2. The van der Waals surface area contributed by atoms with E-state index in [9.17, 15) is 4.79 Å². The molecule has 0 aliphatic carbocycles. The first-order valence-corrected chi connectivity index (χ1v) is 7.96. The topological polar surface area (TPSA) is 42.0 Å². The third-order valence-electron chi connectivity index (χ3n) is 3.09. The molecule has 0 aliphatic heterocycles. The van der Waals surface area contributed by atoms with Crippen LogP contribution < -0.4 is 5.32 Å². The molecule has 0 fully saturated rings. The van der Waals surface area contributed by atoms with Crippen LogP contribution >= 0.6 is 22.9 Å². The van der Waals surface area contributed by atoms with E-state index in [0.717, 1.165) is 16.0 Å². The Morgan fingerprint density at radius 1 is 1.09 bits per heavy atom. The molecular formula is C17H13ClN2OS. The van der Waals surface area contributed by atoms with Crippen molar-refractivity contribution in [3.8, 4) is 10.4 Å². The molecule has 5 heteroatoms. The fraction of sp³-hybridized carbons (Fsp3) is 0.0588. The Morgan fingerprint density at radius 3 is 2.55 bits per heavy atom. The normalized spacial score (nSPS) is 10.4. The lowest BCUT2D eigenvalue weighted by molar-refractivity contribution is -0.115. The molecule has 1 N–H and O–H groups in total. The van der Waals surface area contributed by atoms with Gasteiger partial charge >= 0.3 is 0 Å². The molecule has 1 amide bonds. The molecule has 0 spiro atoms. The van der Waals surface area contributed by atoms with Gasteiger partial charge in [-0.05, 0) is 23.3 Å². The lowest BCUT2D eigenvalue weighted by Gasteiger charge is -2.02. The van der Waals surface area contributed by atoms with Crippen LogP contribution in [-0.2, 0) is 11.2 Å². The van der Waals surface area contributed by atoms with Crippen LogP contribution in [0.1, 0.15) is 5.56 Å². The maximum atomic E-state index is 12.0. The molecule has 0 unspecified atom stereocenters. The maximum Gasteiger partial charge on any atom is 0.230 e. The highest BCUT2D eigenvalue weighted by molar-refractivity contribution is 7.19. The van der Waals surface area contributed by atoms with Crippen molar-refractivity contribution in [2.75, 3.05) is 5.32 Å². The number of rotatable bonds is 4. The predicted octanol–water partition coefficient (Wildman–Crippen LogP) is 4.64. The standard InChI is InChI=1S/C17H13ClN2OS/c18-14-8-6-12(7-9-14)10-16(21)20-17-19-11-15(22-17)13-4-2-1-3-5-13/h1-9,11H,10H2,(H,19,20,21). The summed E-state index contributed by atoms with van der Waals surface area (Å²) in [7, 11) is 0. The Balaban J connectivity index is 1.65. The molecule has 2 aromatic carbocycles. The molecule has 1 heterocycles. The van der Waals surface area contributed by atoms with Gasteiger partial charge in [0.25, 0.3) is 0 Å². The van der Waals surface area contributed by atoms with Crippen LogP contribution in [0.25, 0.3) is 10.4 Å². The fourth-order valence-electron chi connectivity index (χ4n) is 2.02. The average molecular weight is 329 g/mol. The Kier molecular flexibility index (Phi) is 4.51. The van der Waals surface area contributed by atoms with Gasteiger partial charge < -0.3 is 5.32 Å². The lowest BCUT2D eigenvalue weighted by atomic mass is 10.1. The highest BCUT2D eigenvalue weighted by Crippen LogP contribution is 2.28. The molecule has 0 saturated carbocycles. The van der Waals surface area contributed by atoms with Crippen LogP contribution in [0.4, 0.5) is 5.13 Å². The van der Waals surface area contributed by atoms with Crippen molar-refractivity contribution in [2.45, 2.75) is 6.42 Å². The Bertz CT molecular complexity index is 769. The molecule has 0 atom stereocenters. The number of hydrogen-bond donors (Lipinski definition) is 1. The number of amides is 1. The second-order valence-electron chi connectivity index (χ2n) is 4.75. The van der Waals surface area contributed by atoms with Crippen molar-refractivity contribution in [1.29, 1.82) is 0 Å². The van der Waals surface area contributed by atoms with Crippen molar-refractivity contribution in [3.63, 3.8) is 0 Å². The third-order valence-corrected chi connectivity index (χ3v) is 4.30. The van der Waals surface area contributed by atoms with Crippen LogP contribution in [0.15, 0.2) is 60.8 Å². The van der Waals surface area contributed by atoms with Crippen LogP contribution in [0, 0.1) is 0 Å². The van der Waals surface area contributed by atoms with Crippen LogP contribution in [0.2, 0.25) is 5.02 Å². The molecule has 0 bridgehead atoms. The van der Waals surface area contributed by atoms with E-state index in [1.165, 1.54) is 11.3 Å². The van der Waals surface area contributed by atoms with Gasteiger partial charge in [-0.25, -0.2) is 4.98 Å². The largest absolute Gasteiger partial charge is 0.302 e. The second kappa shape index (κ2) is 6.73. The number of halogens is 1. The molecule has 0 radical (unpaired) electrons. The minimum absolute atomic E-state index is 0.0868. The average Bonchev–Trinajstić information content (AvgIpc) is 2.99. The van der Waals surface area contributed by atoms with E-state index in [-0.39, 0.29) is 5.91 Å². The zero-order chi connectivity index (χ0) is 15.4. The second-order valence-corrected chi connectivity index (χ2v) is 6.21. The number of benzene rings is 2. The lowest BCUT2D eigenvalue weighted by Crippen LogP contribution is -2.13. The summed E-state index contributed by atoms with van der Waals surface area (Å²) in [5.41, 5.74) is 2.01. The monoisotopic (exact) mass is 328 g/mol. The van der Waals surface area contributed by atoms with Gasteiger partial charge in [-0.3, -0.25) is 4.79 Å². The number of aromatic nitrogens is 1. The molecule has 3 rings (SSSR count). The Morgan fingerprint density at radius 2 is 1.82 bits per heavy atom. The summed E-state index contributed by atoms with van der Waals surface area (Å²) in [6.07, 6.45) is 2.08. The van der Waals surface area contributed by atoms with Crippen molar-refractivity contribution in [2.24, 2.45) is 0 Å². The number of carbonyl (C=O) groups excluding carboxylic acids is 1. The van der Waals surface area contributed by atoms with Crippen molar-refractivity contribution >= 4 is 34.0 Å². The Hall–Kier alpha value is -2.17.